The zero-order valence-electron chi connectivity index (χ0n) is 13.3. The van der Waals surface area contributed by atoms with E-state index in [1.165, 1.54) is 10.9 Å². The van der Waals surface area contributed by atoms with Gasteiger partial charge in [-0.3, -0.25) is 0 Å². The number of carboxylic acids is 2. The predicted molar refractivity (Wildman–Crippen MR) is 92.0 cm³/mol. The lowest BCUT2D eigenvalue weighted by atomic mass is 10.2. The molecule has 0 bridgehead atoms. The molecule has 0 unspecified atom stereocenters. The maximum Gasteiger partial charge on any atom is 0.328 e. The van der Waals surface area contributed by atoms with E-state index in [0.29, 0.717) is 12.2 Å². The van der Waals surface area contributed by atoms with Gasteiger partial charge in [0, 0.05) is 35.4 Å². The molecule has 0 amide bonds. The number of hydrogen-bond acceptors (Lipinski definition) is 3. The fraction of sp³-hybridized carbons (Fsp3) is 0.250. The van der Waals surface area contributed by atoms with E-state index in [2.05, 4.69) is 29.1 Å². The Balaban J connectivity index is 0.000000385. The van der Waals surface area contributed by atoms with E-state index in [-0.39, 0.29) is 0 Å². The highest BCUT2D eigenvalue weighted by molar-refractivity contribution is 6.31. The van der Waals surface area contributed by atoms with Gasteiger partial charge in [0.05, 0.1) is 0 Å². The molecule has 0 radical (unpaired) electrons. The highest BCUT2D eigenvalue weighted by Crippen LogP contribution is 2.20. The van der Waals surface area contributed by atoms with Crippen molar-refractivity contribution in [3.63, 3.8) is 0 Å². The van der Waals surface area contributed by atoms with Crippen LogP contribution in [0.3, 0.4) is 0 Å². The fourth-order valence-electron chi connectivity index (χ4n) is 1.58. The van der Waals surface area contributed by atoms with Gasteiger partial charge in [-0.1, -0.05) is 17.7 Å². The normalized spacial score (nSPS) is 9.74. The van der Waals surface area contributed by atoms with E-state index < -0.39 is 11.9 Å². The molecule has 0 aliphatic rings. The molecular formula is C16H21ClN2O4. The minimum Gasteiger partial charge on any atom is -0.478 e. The zero-order chi connectivity index (χ0) is 17.8. The lowest BCUT2D eigenvalue weighted by Gasteiger charge is -1.99. The van der Waals surface area contributed by atoms with Crippen LogP contribution in [-0.2, 0) is 16.1 Å². The van der Waals surface area contributed by atoms with Crippen LogP contribution in [0.15, 0.2) is 42.6 Å². The number of benzene rings is 1. The van der Waals surface area contributed by atoms with Gasteiger partial charge in [-0.15, -0.1) is 0 Å². The van der Waals surface area contributed by atoms with Crippen molar-refractivity contribution in [1.82, 2.24) is 9.88 Å². The number of nitrogens with zero attached hydrogens (tertiary/aromatic N) is 1. The number of aromatic nitrogens is 1. The molecule has 2 rings (SSSR count). The number of carboxylic acid groups (broad SMARTS) is 2. The third-order valence-corrected chi connectivity index (χ3v) is 2.68. The van der Waals surface area contributed by atoms with Crippen LogP contribution in [0.4, 0.5) is 0 Å². The summed E-state index contributed by atoms with van der Waals surface area (Å²) < 4.78 is 2.18. The van der Waals surface area contributed by atoms with Crippen molar-refractivity contribution < 1.29 is 19.8 Å². The van der Waals surface area contributed by atoms with E-state index in [0.717, 1.165) is 11.6 Å². The summed E-state index contributed by atoms with van der Waals surface area (Å²) in [6, 6.07) is 8.07. The van der Waals surface area contributed by atoms with E-state index in [4.69, 9.17) is 21.8 Å². The van der Waals surface area contributed by atoms with E-state index in [1.54, 1.807) is 0 Å². The van der Waals surface area contributed by atoms with E-state index in [1.807, 2.05) is 32.3 Å². The van der Waals surface area contributed by atoms with Gasteiger partial charge in [-0.25, -0.2) is 9.59 Å². The summed E-state index contributed by atoms with van der Waals surface area (Å²) in [5.74, 6) is -2.51. The van der Waals surface area contributed by atoms with Crippen LogP contribution < -0.4 is 5.32 Å². The Morgan fingerprint density at radius 2 is 1.70 bits per heavy atom. The van der Waals surface area contributed by atoms with Crippen LogP contribution in [0.5, 0.6) is 0 Å². The van der Waals surface area contributed by atoms with Gasteiger partial charge in [0.25, 0.3) is 0 Å². The summed E-state index contributed by atoms with van der Waals surface area (Å²) in [6.07, 6.45) is 3.20. The number of aryl methyl sites for hydroxylation is 1. The molecule has 1 aromatic carbocycles. The first-order valence-electron chi connectivity index (χ1n) is 6.82. The highest BCUT2D eigenvalue weighted by Gasteiger charge is 1.98. The summed E-state index contributed by atoms with van der Waals surface area (Å²) >= 11 is 5.89. The topological polar surface area (TPSA) is 91.6 Å². The van der Waals surface area contributed by atoms with Crippen LogP contribution in [0.25, 0.3) is 10.9 Å². The van der Waals surface area contributed by atoms with Crippen molar-refractivity contribution in [2.24, 2.45) is 0 Å². The standard InChI is InChI=1S/C10H10ClN.C4H4O4.C2H7N/c1-2-12-6-5-8-3-4-9(11)7-10(8)12;5-3(6)1-2-4(7)8;1-3-2/h3-7H,2H2,1H3;1-2H,(H,5,6)(H,7,8);3H,1-2H3. The molecule has 23 heavy (non-hydrogen) atoms. The number of nitrogens with one attached hydrogen (secondary N) is 1. The monoisotopic (exact) mass is 340 g/mol. The maximum atomic E-state index is 9.55. The molecule has 0 fully saturated rings. The molecule has 1 aromatic heterocycles. The smallest absolute Gasteiger partial charge is 0.328 e. The Bertz CT molecular complexity index is 649. The van der Waals surface area contributed by atoms with Crippen molar-refractivity contribution >= 4 is 34.4 Å². The summed E-state index contributed by atoms with van der Waals surface area (Å²) in [7, 11) is 3.75. The molecule has 0 saturated heterocycles. The predicted octanol–water partition coefficient (Wildman–Crippen LogP) is 2.86. The SMILES string of the molecule is CCn1ccc2ccc(Cl)cc21.CNC.O=C(O)C=CC(=O)O. The Kier molecular flexibility index (Phi) is 10.1. The van der Waals surface area contributed by atoms with Crippen LogP contribution >= 0.6 is 11.6 Å². The molecule has 0 aliphatic carbocycles. The molecule has 2 aromatic rings. The fourth-order valence-corrected chi connectivity index (χ4v) is 1.74. The van der Waals surface area contributed by atoms with Gasteiger partial charge >= 0.3 is 11.9 Å². The van der Waals surface area contributed by atoms with Gasteiger partial charge in [-0.05, 0) is 44.6 Å². The zero-order valence-corrected chi connectivity index (χ0v) is 14.0. The first-order valence-corrected chi connectivity index (χ1v) is 7.20. The second kappa shape index (κ2) is 11.3. The van der Waals surface area contributed by atoms with E-state index >= 15 is 0 Å². The second-order valence-electron chi connectivity index (χ2n) is 4.31. The highest BCUT2D eigenvalue weighted by atomic mass is 35.5. The van der Waals surface area contributed by atoms with Crippen molar-refractivity contribution in [3.8, 4) is 0 Å². The number of rotatable bonds is 3. The summed E-state index contributed by atoms with van der Waals surface area (Å²) in [5, 5.41) is 20.4. The quantitative estimate of drug-likeness (QED) is 0.747. The van der Waals surface area contributed by atoms with Crippen molar-refractivity contribution in [3.05, 3.63) is 47.6 Å². The minimum absolute atomic E-state index is 0.558. The molecular weight excluding hydrogens is 320 g/mol. The Labute approximate surface area is 140 Å². The van der Waals surface area contributed by atoms with Crippen molar-refractivity contribution in [2.75, 3.05) is 14.1 Å². The Morgan fingerprint density at radius 3 is 2.13 bits per heavy atom. The number of carbonyl (C=O) groups is 2. The molecule has 1 heterocycles. The van der Waals surface area contributed by atoms with Crippen LogP contribution in [-0.4, -0.2) is 40.8 Å². The lowest BCUT2D eigenvalue weighted by molar-refractivity contribution is -0.134. The Hall–Kier alpha value is -2.31. The van der Waals surface area contributed by atoms with Crippen molar-refractivity contribution in [1.29, 1.82) is 0 Å². The molecule has 3 N–H and O–H groups in total. The number of fused-ring (bicyclic) bond motifs is 1. The van der Waals surface area contributed by atoms with Gasteiger partial charge in [-0.2, -0.15) is 0 Å². The molecule has 0 aliphatic heterocycles. The molecule has 0 saturated carbocycles. The number of aliphatic carboxylic acids is 2. The molecule has 0 atom stereocenters. The first kappa shape index (κ1) is 20.7. The van der Waals surface area contributed by atoms with Crippen molar-refractivity contribution in [2.45, 2.75) is 13.5 Å². The average Bonchev–Trinajstić information content (AvgIpc) is 2.88. The summed E-state index contributed by atoms with van der Waals surface area (Å²) in [5.41, 5.74) is 1.21. The van der Waals surface area contributed by atoms with Crippen LogP contribution in [0, 0.1) is 0 Å². The van der Waals surface area contributed by atoms with Gasteiger partial charge in [0.15, 0.2) is 0 Å². The molecule has 126 valence electrons. The maximum absolute atomic E-state index is 9.55. The molecule has 7 heteroatoms. The van der Waals surface area contributed by atoms with Gasteiger partial charge in [0.1, 0.15) is 0 Å². The largest absolute Gasteiger partial charge is 0.478 e. The molecule has 0 spiro atoms. The first-order chi connectivity index (χ1) is 10.8. The van der Waals surface area contributed by atoms with Gasteiger partial charge < -0.3 is 20.1 Å². The third kappa shape index (κ3) is 8.65. The summed E-state index contributed by atoms with van der Waals surface area (Å²) in [4.78, 5) is 19.1. The number of hydrogen-bond donors (Lipinski definition) is 3. The third-order valence-electron chi connectivity index (χ3n) is 2.45. The minimum atomic E-state index is -1.26. The number of halogens is 1. The molecule has 6 nitrogen and oxygen atoms in total. The van der Waals surface area contributed by atoms with E-state index in [9.17, 15) is 9.59 Å². The van der Waals surface area contributed by atoms with Crippen LogP contribution in [0.1, 0.15) is 6.92 Å². The van der Waals surface area contributed by atoms with Crippen LogP contribution in [0.2, 0.25) is 5.02 Å². The average molecular weight is 341 g/mol. The lowest BCUT2D eigenvalue weighted by Crippen LogP contribution is -1.91. The second-order valence-corrected chi connectivity index (χ2v) is 4.75. The summed E-state index contributed by atoms with van der Waals surface area (Å²) in [6.45, 7) is 3.12. The Morgan fingerprint density at radius 1 is 1.17 bits per heavy atom. The van der Waals surface area contributed by atoms with Gasteiger partial charge in [0.2, 0.25) is 0 Å².